The van der Waals surface area contributed by atoms with Gasteiger partial charge in [0.05, 0.1) is 0 Å². The minimum Gasteiger partial charge on any atom is -0.489 e. The Bertz CT molecular complexity index is 640. The molecule has 0 amide bonds. The molecular formula is C20H24O. The zero-order chi connectivity index (χ0) is 14.8. The molecule has 2 aromatic rings. The minimum atomic E-state index is 0.535. The fourth-order valence-corrected chi connectivity index (χ4v) is 3.01. The first-order valence-corrected chi connectivity index (χ1v) is 7.97. The third-order valence-corrected chi connectivity index (χ3v) is 4.44. The zero-order valence-corrected chi connectivity index (χ0v) is 13.3. The summed E-state index contributed by atoms with van der Waals surface area (Å²) in [6.45, 7) is 7.21. The molecule has 0 saturated heterocycles. The molecule has 0 fully saturated rings. The lowest BCUT2D eigenvalue weighted by Gasteiger charge is -2.13. The van der Waals surface area contributed by atoms with Crippen molar-refractivity contribution < 1.29 is 4.74 Å². The molecular weight excluding hydrogens is 256 g/mol. The first-order valence-electron chi connectivity index (χ1n) is 7.97. The lowest BCUT2D eigenvalue weighted by atomic mass is 10.0. The summed E-state index contributed by atoms with van der Waals surface area (Å²) in [4.78, 5) is 0. The molecule has 3 rings (SSSR count). The summed E-state index contributed by atoms with van der Waals surface area (Å²) in [6, 6.07) is 13.4. The van der Waals surface area contributed by atoms with Gasteiger partial charge in [-0.3, -0.25) is 0 Å². The van der Waals surface area contributed by atoms with Crippen LogP contribution in [0.25, 0.3) is 0 Å². The molecule has 0 atom stereocenters. The van der Waals surface area contributed by atoms with Crippen molar-refractivity contribution in [3.63, 3.8) is 0 Å². The van der Waals surface area contributed by atoms with Crippen molar-refractivity contribution in [2.24, 2.45) is 0 Å². The van der Waals surface area contributed by atoms with Gasteiger partial charge in [0.25, 0.3) is 0 Å². The molecule has 1 aliphatic rings. The summed E-state index contributed by atoms with van der Waals surface area (Å²) in [7, 11) is 0. The van der Waals surface area contributed by atoms with Crippen LogP contribution in [-0.2, 0) is 19.4 Å². The summed E-state index contributed by atoms with van der Waals surface area (Å²) in [5, 5.41) is 0. The fraction of sp³-hybridized carbons (Fsp3) is 0.400. The van der Waals surface area contributed by atoms with E-state index in [4.69, 9.17) is 4.74 Å². The van der Waals surface area contributed by atoms with Gasteiger partial charge < -0.3 is 4.74 Å². The van der Waals surface area contributed by atoms with Crippen LogP contribution in [0.4, 0.5) is 0 Å². The quantitative estimate of drug-likeness (QED) is 0.749. The van der Waals surface area contributed by atoms with Gasteiger partial charge >= 0.3 is 0 Å². The van der Waals surface area contributed by atoms with E-state index in [1.807, 2.05) is 0 Å². The van der Waals surface area contributed by atoms with Gasteiger partial charge in [0, 0.05) is 0 Å². The SMILES string of the molecule is Cc1ccc(C(C)C)cc1OCc1ccc2c(c1)CCC2. The predicted octanol–water partition coefficient (Wildman–Crippen LogP) is 5.19. The Labute approximate surface area is 128 Å². The summed E-state index contributed by atoms with van der Waals surface area (Å²) in [5.41, 5.74) is 6.87. The number of aryl methyl sites for hydroxylation is 3. The van der Waals surface area contributed by atoms with E-state index in [2.05, 4.69) is 57.2 Å². The van der Waals surface area contributed by atoms with Gasteiger partial charge in [-0.1, -0.05) is 44.2 Å². The standard InChI is InChI=1S/C20H24O/c1-14(2)18-9-7-15(3)20(12-18)21-13-16-8-10-17-5-4-6-19(17)11-16/h7-12,14H,4-6,13H2,1-3H3. The van der Waals surface area contributed by atoms with E-state index >= 15 is 0 Å². The van der Waals surface area contributed by atoms with Gasteiger partial charge in [0.15, 0.2) is 0 Å². The zero-order valence-electron chi connectivity index (χ0n) is 13.3. The maximum absolute atomic E-state index is 6.07. The first-order chi connectivity index (χ1) is 10.1. The molecule has 0 aliphatic heterocycles. The number of hydrogen-bond donors (Lipinski definition) is 0. The molecule has 110 valence electrons. The van der Waals surface area contributed by atoms with Crippen molar-refractivity contribution in [2.75, 3.05) is 0 Å². The highest BCUT2D eigenvalue weighted by Crippen LogP contribution is 2.26. The van der Waals surface area contributed by atoms with Crippen LogP contribution in [0.3, 0.4) is 0 Å². The number of fused-ring (bicyclic) bond motifs is 1. The van der Waals surface area contributed by atoms with E-state index in [1.165, 1.54) is 47.1 Å². The van der Waals surface area contributed by atoms with Crippen LogP contribution < -0.4 is 4.74 Å². The second kappa shape index (κ2) is 5.93. The minimum absolute atomic E-state index is 0.535. The molecule has 0 spiro atoms. The Morgan fingerprint density at radius 1 is 1.00 bits per heavy atom. The molecule has 0 N–H and O–H groups in total. The maximum atomic E-state index is 6.07. The van der Waals surface area contributed by atoms with Crippen molar-refractivity contribution in [3.8, 4) is 5.75 Å². The maximum Gasteiger partial charge on any atom is 0.122 e. The number of rotatable bonds is 4. The van der Waals surface area contributed by atoms with Gasteiger partial charge in [-0.2, -0.15) is 0 Å². The predicted molar refractivity (Wildman–Crippen MR) is 88.1 cm³/mol. The summed E-state index contributed by atoms with van der Waals surface area (Å²) in [5.74, 6) is 1.55. The molecule has 0 aromatic heterocycles. The lowest BCUT2D eigenvalue weighted by molar-refractivity contribution is 0.303. The van der Waals surface area contributed by atoms with Crippen LogP contribution in [0, 0.1) is 6.92 Å². The van der Waals surface area contributed by atoms with Gasteiger partial charge in [0.2, 0.25) is 0 Å². The Kier molecular flexibility index (Phi) is 4.01. The third kappa shape index (κ3) is 3.12. The molecule has 0 unspecified atom stereocenters. The van der Waals surface area contributed by atoms with Crippen LogP contribution in [0.1, 0.15) is 54.0 Å². The average Bonchev–Trinajstić information content (AvgIpc) is 2.93. The average molecular weight is 280 g/mol. The van der Waals surface area contributed by atoms with Crippen LogP contribution in [0.5, 0.6) is 5.75 Å². The molecule has 0 bridgehead atoms. The second-order valence-electron chi connectivity index (χ2n) is 6.42. The van der Waals surface area contributed by atoms with Crippen molar-refractivity contribution in [3.05, 3.63) is 64.2 Å². The van der Waals surface area contributed by atoms with Crippen LogP contribution in [0.15, 0.2) is 36.4 Å². The van der Waals surface area contributed by atoms with E-state index in [0.29, 0.717) is 12.5 Å². The summed E-state index contributed by atoms with van der Waals surface area (Å²) < 4.78 is 6.07. The summed E-state index contributed by atoms with van der Waals surface area (Å²) in [6.07, 6.45) is 3.77. The van der Waals surface area contributed by atoms with Gasteiger partial charge in [-0.05, 0) is 66.0 Å². The van der Waals surface area contributed by atoms with E-state index in [1.54, 1.807) is 0 Å². The summed E-state index contributed by atoms with van der Waals surface area (Å²) >= 11 is 0. The van der Waals surface area contributed by atoms with E-state index in [0.717, 1.165) is 5.75 Å². The molecule has 0 saturated carbocycles. The van der Waals surface area contributed by atoms with Crippen LogP contribution in [0.2, 0.25) is 0 Å². The number of hydrogen-bond acceptors (Lipinski definition) is 1. The molecule has 1 aliphatic carbocycles. The lowest BCUT2D eigenvalue weighted by Crippen LogP contribution is -1.99. The smallest absolute Gasteiger partial charge is 0.122 e. The highest BCUT2D eigenvalue weighted by Gasteiger charge is 2.11. The van der Waals surface area contributed by atoms with E-state index in [-0.39, 0.29) is 0 Å². The topological polar surface area (TPSA) is 9.23 Å². The molecule has 0 heterocycles. The largest absolute Gasteiger partial charge is 0.489 e. The molecule has 1 heteroatoms. The highest BCUT2D eigenvalue weighted by molar-refractivity contribution is 5.39. The van der Waals surface area contributed by atoms with E-state index < -0.39 is 0 Å². The normalized spacial score (nSPS) is 13.5. The number of benzene rings is 2. The Balaban J connectivity index is 1.74. The third-order valence-electron chi connectivity index (χ3n) is 4.44. The highest BCUT2D eigenvalue weighted by atomic mass is 16.5. The molecule has 21 heavy (non-hydrogen) atoms. The van der Waals surface area contributed by atoms with Crippen molar-refractivity contribution >= 4 is 0 Å². The van der Waals surface area contributed by atoms with Crippen molar-refractivity contribution in [1.82, 2.24) is 0 Å². The fourth-order valence-electron chi connectivity index (χ4n) is 3.01. The molecule has 2 aromatic carbocycles. The van der Waals surface area contributed by atoms with Crippen molar-refractivity contribution in [1.29, 1.82) is 0 Å². The van der Waals surface area contributed by atoms with Gasteiger partial charge in [-0.15, -0.1) is 0 Å². The Morgan fingerprint density at radius 3 is 2.62 bits per heavy atom. The van der Waals surface area contributed by atoms with E-state index in [9.17, 15) is 0 Å². The molecule has 1 nitrogen and oxygen atoms in total. The van der Waals surface area contributed by atoms with Gasteiger partial charge in [0.1, 0.15) is 12.4 Å². The van der Waals surface area contributed by atoms with Gasteiger partial charge in [-0.25, -0.2) is 0 Å². The van der Waals surface area contributed by atoms with Crippen molar-refractivity contribution in [2.45, 2.75) is 52.6 Å². The molecule has 0 radical (unpaired) electrons. The first kappa shape index (κ1) is 14.2. The van der Waals surface area contributed by atoms with Crippen LogP contribution in [-0.4, -0.2) is 0 Å². The Hall–Kier alpha value is -1.76. The van der Waals surface area contributed by atoms with Crippen LogP contribution >= 0.6 is 0 Å². The number of ether oxygens (including phenoxy) is 1. The second-order valence-corrected chi connectivity index (χ2v) is 6.42. The Morgan fingerprint density at radius 2 is 1.81 bits per heavy atom. The monoisotopic (exact) mass is 280 g/mol.